The fourth-order valence-corrected chi connectivity index (χ4v) is 1.99. The quantitative estimate of drug-likeness (QED) is 0.776. The predicted molar refractivity (Wildman–Crippen MR) is 69.3 cm³/mol. The maximum atomic E-state index is 5.81. The fourth-order valence-electron chi connectivity index (χ4n) is 1.83. The smallest absolute Gasteiger partial charge is 0.0594 e. The second-order valence-corrected chi connectivity index (χ2v) is 4.11. The highest BCUT2D eigenvalue weighted by molar-refractivity contribution is 6.17. The molecule has 0 saturated carbocycles. The molecule has 0 radical (unpaired) electrons. The van der Waals surface area contributed by atoms with Crippen LogP contribution in [0.1, 0.15) is 11.1 Å². The van der Waals surface area contributed by atoms with Gasteiger partial charge in [0.25, 0.3) is 0 Å². The van der Waals surface area contributed by atoms with Crippen LogP contribution in [0, 0.1) is 0 Å². The van der Waals surface area contributed by atoms with E-state index in [0.29, 0.717) is 5.88 Å². The summed E-state index contributed by atoms with van der Waals surface area (Å²) in [7, 11) is 0. The molecule has 1 fully saturated rings. The van der Waals surface area contributed by atoms with Gasteiger partial charge < -0.3 is 4.74 Å². The lowest BCUT2D eigenvalue weighted by atomic mass is 10.1. The molecule has 1 aliphatic rings. The van der Waals surface area contributed by atoms with Crippen LogP contribution >= 0.6 is 24.0 Å². The van der Waals surface area contributed by atoms with Crippen LogP contribution in [0.2, 0.25) is 0 Å². The minimum absolute atomic E-state index is 0. The number of hydrogen-bond acceptors (Lipinski definition) is 2. The largest absolute Gasteiger partial charge is 0.379 e. The van der Waals surface area contributed by atoms with Crippen molar-refractivity contribution in [1.82, 2.24) is 4.90 Å². The lowest BCUT2D eigenvalue weighted by molar-refractivity contribution is 0.0342. The van der Waals surface area contributed by atoms with E-state index in [4.69, 9.17) is 16.3 Å². The third-order valence-corrected chi connectivity index (χ3v) is 2.96. The molecule has 2 nitrogen and oxygen atoms in total. The topological polar surface area (TPSA) is 12.5 Å². The van der Waals surface area contributed by atoms with E-state index >= 15 is 0 Å². The van der Waals surface area contributed by atoms with Crippen molar-refractivity contribution in [2.24, 2.45) is 0 Å². The lowest BCUT2D eigenvalue weighted by Gasteiger charge is -2.26. The number of ether oxygens (including phenoxy) is 1. The highest BCUT2D eigenvalue weighted by atomic mass is 35.5. The molecule has 0 amide bonds. The number of hydrogen-bond donors (Lipinski definition) is 0. The molecule has 90 valence electrons. The highest BCUT2D eigenvalue weighted by Crippen LogP contribution is 2.11. The van der Waals surface area contributed by atoms with Gasteiger partial charge >= 0.3 is 0 Å². The molecular formula is C12H17Cl2NO. The van der Waals surface area contributed by atoms with Gasteiger partial charge in [0, 0.05) is 25.5 Å². The van der Waals surface area contributed by atoms with E-state index in [1.165, 1.54) is 11.1 Å². The SMILES string of the molecule is Cl.ClCc1cccc(CN2CCOCC2)c1. The van der Waals surface area contributed by atoms with Crippen molar-refractivity contribution in [2.75, 3.05) is 26.3 Å². The Morgan fingerprint density at radius 3 is 2.56 bits per heavy atom. The Morgan fingerprint density at radius 2 is 1.88 bits per heavy atom. The van der Waals surface area contributed by atoms with E-state index in [0.717, 1.165) is 32.8 Å². The van der Waals surface area contributed by atoms with Crippen LogP contribution in [0.4, 0.5) is 0 Å². The van der Waals surface area contributed by atoms with Crippen LogP contribution < -0.4 is 0 Å². The number of benzene rings is 1. The van der Waals surface area contributed by atoms with Crippen molar-refractivity contribution < 1.29 is 4.74 Å². The van der Waals surface area contributed by atoms with E-state index in [-0.39, 0.29) is 12.4 Å². The van der Waals surface area contributed by atoms with Gasteiger partial charge in [0.1, 0.15) is 0 Å². The van der Waals surface area contributed by atoms with Crippen LogP contribution in [-0.4, -0.2) is 31.2 Å². The van der Waals surface area contributed by atoms with Crippen LogP contribution in [0.15, 0.2) is 24.3 Å². The van der Waals surface area contributed by atoms with E-state index in [1.807, 2.05) is 0 Å². The molecule has 1 aliphatic heterocycles. The number of nitrogens with zero attached hydrogens (tertiary/aromatic N) is 1. The van der Waals surface area contributed by atoms with Crippen molar-refractivity contribution in [3.63, 3.8) is 0 Å². The van der Waals surface area contributed by atoms with Gasteiger partial charge in [-0.3, -0.25) is 4.90 Å². The maximum Gasteiger partial charge on any atom is 0.0594 e. The molecule has 1 saturated heterocycles. The summed E-state index contributed by atoms with van der Waals surface area (Å²) in [6, 6.07) is 8.48. The zero-order valence-electron chi connectivity index (χ0n) is 9.19. The van der Waals surface area contributed by atoms with Gasteiger partial charge in [-0.2, -0.15) is 0 Å². The van der Waals surface area contributed by atoms with Gasteiger partial charge in [-0.25, -0.2) is 0 Å². The summed E-state index contributed by atoms with van der Waals surface area (Å²) in [4.78, 5) is 2.41. The summed E-state index contributed by atoms with van der Waals surface area (Å²) < 4.78 is 5.32. The molecule has 0 bridgehead atoms. The Hall–Kier alpha value is -0.280. The number of morpholine rings is 1. The molecule has 1 aromatic rings. The van der Waals surface area contributed by atoms with E-state index in [2.05, 4.69) is 29.2 Å². The van der Waals surface area contributed by atoms with Gasteiger partial charge in [0.2, 0.25) is 0 Å². The summed E-state index contributed by atoms with van der Waals surface area (Å²) in [5, 5.41) is 0. The standard InChI is InChI=1S/C12H16ClNO.ClH/c13-9-11-2-1-3-12(8-11)10-14-4-6-15-7-5-14;/h1-3,8H,4-7,9-10H2;1H. The molecule has 0 aliphatic carbocycles. The number of halogens is 2. The number of alkyl halides is 1. The molecule has 4 heteroatoms. The summed E-state index contributed by atoms with van der Waals surface area (Å²) in [5.74, 6) is 0.594. The molecule has 0 unspecified atom stereocenters. The molecule has 2 rings (SSSR count). The molecular weight excluding hydrogens is 245 g/mol. The lowest BCUT2D eigenvalue weighted by Crippen LogP contribution is -2.35. The minimum Gasteiger partial charge on any atom is -0.379 e. The Bertz CT molecular complexity index is 314. The summed E-state index contributed by atoms with van der Waals surface area (Å²) in [5.41, 5.74) is 2.54. The second-order valence-electron chi connectivity index (χ2n) is 3.84. The van der Waals surface area contributed by atoms with Gasteiger partial charge in [0.15, 0.2) is 0 Å². The van der Waals surface area contributed by atoms with Crippen LogP contribution in [0.25, 0.3) is 0 Å². The van der Waals surface area contributed by atoms with E-state index in [9.17, 15) is 0 Å². The first-order valence-electron chi connectivity index (χ1n) is 5.32. The second kappa shape index (κ2) is 7.13. The van der Waals surface area contributed by atoms with Gasteiger partial charge in [-0.05, 0) is 11.1 Å². The Morgan fingerprint density at radius 1 is 1.19 bits per heavy atom. The Kier molecular flexibility index (Phi) is 6.14. The fraction of sp³-hybridized carbons (Fsp3) is 0.500. The molecule has 0 aromatic heterocycles. The Labute approximate surface area is 108 Å². The van der Waals surface area contributed by atoms with Gasteiger partial charge in [-0.1, -0.05) is 24.3 Å². The maximum absolute atomic E-state index is 5.81. The van der Waals surface area contributed by atoms with E-state index < -0.39 is 0 Å². The van der Waals surface area contributed by atoms with Crippen molar-refractivity contribution in [3.05, 3.63) is 35.4 Å². The third kappa shape index (κ3) is 3.95. The minimum atomic E-state index is 0. The summed E-state index contributed by atoms with van der Waals surface area (Å²) >= 11 is 5.81. The van der Waals surface area contributed by atoms with E-state index in [1.54, 1.807) is 0 Å². The molecule has 1 aromatic carbocycles. The summed E-state index contributed by atoms with van der Waals surface area (Å²) in [6.45, 7) is 4.79. The van der Waals surface area contributed by atoms with Gasteiger partial charge in [0.05, 0.1) is 13.2 Å². The predicted octanol–water partition coefficient (Wildman–Crippen LogP) is 2.68. The average molecular weight is 262 g/mol. The molecule has 0 N–H and O–H groups in total. The van der Waals surface area contributed by atoms with Crippen molar-refractivity contribution in [2.45, 2.75) is 12.4 Å². The third-order valence-electron chi connectivity index (χ3n) is 2.66. The molecule has 1 heterocycles. The van der Waals surface area contributed by atoms with Gasteiger partial charge in [-0.15, -0.1) is 24.0 Å². The highest BCUT2D eigenvalue weighted by Gasteiger charge is 2.10. The summed E-state index contributed by atoms with van der Waals surface area (Å²) in [6.07, 6.45) is 0. The first kappa shape index (κ1) is 13.8. The zero-order valence-corrected chi connectivity index (χ0v) is 10.8. The normalized spacial score (nSPS) is 16.8. The first-order chi connectivity index (χ1) is 7.38. The van der Waals surface area contributed by atoms with Crippen LogP contribution in [0.5, 0.6) is 0 Å². The Balaban J connectivity index is 0.00000128. The average Bonchev–Trinajstić information content (AvgIpc) is 2.31. The molecule has 16 heavy (non-hydrogen) atoms. The molecule has 0 atom stereocenters. The monoisotopic (exact) mass is 261 g/mol. The molecule has 0 spiro atoms. The van der Waals surface area contributed by atoms with Crippen molar-refractivity contribution >= 4 is 24.0 Å². The van der Waals surface area contributed by atoms with Crippen molar-refractivity contribution in [1.29, 1.82) is 0 Å². The zero-order chi connectivity index (χ0) is 10.5. The number of rotatable bonds is 3. The van der Waals surface area contributed by atoms with Crippen LogP contribution in [0.3, 0.4) is 0 Å². The first-order valence-corrected chi connectivity index (χ1v) is 5.86. The van der Waals surface area contributed by atoms with Crippen molar-refractivity contribution in [3.8, 4) is 0 Å². The van der Waals surface area contributed by atoms with Crippen LogP contribution in [-0.2, 0) is 17.2 Å².